The highest BCUT2D eigenvalue weighted by Crippen LogP contribution is 2.28. The summed E-state index contributed by atoms with van der Waals surface area (Å²) in [7, 11) is 0. The van der Waals surface area contributed by atoms with Crippen molar-refractivity contribution in [2.24, 2.45) is 5.92 Å². The van der Waals surface area contributed by atoms with E-state index in [9.17, 15) is 4.79 Å². The third-order valence-corrected chi connectivity index (χ3v) is 4.62. The van der Waals surface area contributed by atoms with Crippen LogP contribution < -0.4 is 4.74 Å². The lowest BCUT2D eigenvalue weighted by Gasteiger charge is -2.16. The predicted molar refractivity (Wildman–Crippen MR) is 105 cm³/mol. The minimum atomic E-state index is -0.00191. The van der Waals surface area contributed by atoms with Crippen LogP contribution in [0.25, 0.3) is 0 Å². The van der Waals surface area contributed by atoms with Crippen molar-refractivity contribution in [1.29, 1.82) is 0 Å². The van der Waals surface area contributed by atoms with Crippen molar-refractivity contribution in [3.8, 4) is 5.75 Å². The lowest BCUT2D eigenvalue weighted by Crippen LogP contribution is -2.17. The van der Waals surface area contributed by atoms with Crippen molar-refractivity contribution in [2.45, 2.75) is 53.9 Å². The molecule has 0 N–H and O–H groups in total. The van der Waals surface area contributed by atoms with E-state index >= 15 is 0 Å². The molecule has 0 aliphatic carbocycles. The first-order valence-corrected chi connectivity index (χ1v) is 9.12. The van der Waals surface area contributed by atoms with Gasteiger partial charge < -0.3 is 4.74 Å². The topological polar surface area (TPSA) is 26.3 Å². The number of hydrogen-bond acceptors (Lipinski definition) is 2. The van der Waals surface area contributed by atoms with Gasteiger partial charge in [-0.3, -0.25) is 4.79 Å². The van der Waals surface area contributed by atoms with Gasteiger partial charge in [-0.1, -0.05) is 58.0 Å². The summed E-state index contributed by atoms with van der Waals surface area (Å²) in [6.07, 6.45) is 0.815. The maximum Gasteiger partial charge on any atom is 0.172 e. The summed E-state index contributed by atoms with van der Waals surface area (Å²) < 4.78 is 5.91. The van der Waals surface area contributed by atoms with Gasteiger partial charge in [-0.25, -0.2) is 0 Å². The van der Waals surface area contributed by atoms with Gasteiger partial charge in [0.1, 0.15) is 12.4 Å². The van der Waals surface area contributed by atoms with E-state index in [1.807, 2.05) is 19.9 Å². The molecule has 0 atom stereocenters. The van der Waals surface area contributed by atoms with Crippen LogP contribution in [0.4, 0.5) is 0 Å². The fourth-order valence-corrected chi connectivity index (χ4v) is 2.85. The third kappa shape index (κ3) is 5.19. The van der Waals surface area contributed by atoms with Gasteiger partial charge in [0, 0.05) is 17.9 Å². The predicted octanol–water partition coefficient (Wildman–Crippen LogP) is 5.62. The number of rotatable bonds is 7. The first-order chi connectivity index (χ1) is 11.8. The highest BCUT2D eigenvalue weighted by atomic mass is 16.5. The average Bonchev–Trinajstić information content (AvgIpc) is 2.55. The second-order valence-electron chi connectivity index (χ2n) is 7.54. The van der Waals surface area contributed by atoms with Crippen molar-refractivity contribution < 1.29 is 9.53 Å². The van der Waals surface area contributed by atoms with Crippen LogP contribution in [0.5, 0.6) is 5.75 Å². The van der Waals surface area contributed by atoms with Crippen molar-refractivity contribution in [3.05, 3.63) is 64.2 Å². The first kappa shape index (κ1) is 19.2. The van der Waals surface area contributed by atoms with Crippen LogP contribution in [0.1, 0.15) is 61.4 Å². The van der Waals surface area contributed by atoms with E-state index in [0.717, 1.165) is 17.7 Å². The van der Waals surface area contributed by atoms with Crippen molar-refractivity contribution >= 4 is 5.78 Å². The van der Waals surface area contributed by atoms with Crippen LogP contribution >= 0.6 is 0 Å². The van der Waals surface area contributed by atoms with Gasteiger partial charge in [0.15, 0.2) is 5.78 Å². The molecule has 0 spiro atoms. The fraction of sp³-hybridized carbons (Fsp3) is 0.435. The third-order valence-electron chi connectivity index (χ3n) is 4.62. The van der Waals surface area contributed by atoms with Crippen molar-refractivity contribution in [1.82, 2.24) is 0 Å². The maximum atomic E-state index is 11.9. The van der Waals surface area contributed by atoms with E-state index in [0.29, 0.717) is 5.92 Å². The smallest absolute Gasteiger partial charge is 0.172 e. The molecule has 0 saturated heterocycles. The molecule has 25 heavy (non-hydrogen) atoms. The quantitative estimate of drug-likeness (QED) is 0.655. The number of benzene rings is 2. The molecule has 0 bridgehead atoms. The largest absolute Gasteiger partial charge is 0.486 e. The standard InChI is InChI=1S/C23H30O2/c1-15(2)20-9-7-19(8-10-20)13-21-18(6)11-17(5)12-23(21)25-14-22(24)16(3)4/h7-12,15-16H,13-14H2,1-6H3. The molecule has 0 saturated carbocycles. The Morgan fingerprint density at radius 2 is 1.64 bits per heavy atom. The van der Waals surface area contributed by atoms with E-state index in [1.54, 1.807) is 0 Å². The molecule has 0 aliphatic heterocycles. The molecule has 2 rings (SSSR count). The molecule has 0 amide bonds. The van der Waals surface area contributed by atoms with E-state index < -0.39 is 0 Å². The summed E-state index contributed by atoms with van der Waals surface area (Å²) in [6, 6.07) is 13.0. The summed E-state index contributed by atoms with van der Waals surface area (Å²) in [5.74, 6) is 1.50. The lowest BCUT2D eigenvalue weighted by molar-refractivity contribution is -0.123. The van der Waals surface area contributed by atoms with Crippen molar-refractivity contribution in [2.75, 3.05) is 6.61 Å². The summed E-state index contributed by atoms with van der Waals surface area (Å²) in [4.78, 5) is 11.9. The van der Waals surface area contributed by atoms with Gasteiger partial charge in [-0.05, 0) is 48.1 Å². The van der Waals surface area contributed by atoms with Crippen LogP contribution in [0.15, 0.2) is 36.4 Å². The van der Waals surface area contributed by atoms with E-state index in [2.05, 4.69) is 58.0 Å². The molecular weight excluding hydrogens is 308 g/mol. The molecule has 134 valence electrons. The summed E-state index contributed by atoms with van der Waals surface area (Å²) >= 11 is 0. The normalized spacial score (nSPS) is 11.2. The Bertz CT molecular complexity index is 725. The van der Waals surface area contributed by atoms with E-state index in [1.165, 1.54) is 22.3 Å². The number of ether oxygens (including phenoxy) is 1. The van der Waals surface area contributed by atoms with Gasteiger partial charge in [0.25, 0.3) is 0 Å². The fourth-order valence-electron chi connectivity index (χ4n) is 2.85. The van der Waals surface area contributed by atoms with Gasteiger partial charge in [-0.2, -0.15) is 0 Å². The Balaban J connectivity index is 2.25. The number of carbonyl (C=O) groups is 1. The molecule has 0 heterocycles. The van der Waals surface area contributed by atoms with Gasteiger partial charge in [0.2, 0.25) is 0 Å². The zero-order valence-corrected chi connectivity index (χ0v) is 16.3. The molecule has 0 unspecified atom stereocenters. The lowest BCUT2D eigenvalue weighted by atomic mass is 9.95. The number of carbonyl (C=O) groups excluding carboxylic acids is 1. The Hall–Kier alpha value is -2.09. The Kier molecular flexibility index (Phi) is 6.41. The van der Waals surface area contributed by atoms with E-state index in [-0.39, 0.29) is 18.3 Å². The highest BCUT2D eigenvalue weighted by Gasteiger charge is 2.13. The number of hydrogen-bond donors (Lipinski definition) is 0. The molecule has 2 nitrogen and oxygen atoms in total. The Morgan fingerprint density at radius 3 is 2.20 bits per heavy atom. The molecule has 0 radical (unpaired) electrons. The minimum absolute atomic E-state index is 0.00191. The zero-order chi connectivity index (χ0) is 18.6. The highest BCUT2D eigenvalue weighted by molar-refractivity contribution is 5.81. The number of ketones is 1. The van der Waals surface area contributed by atoms with Crippen molar-refractivity contribution in [3.63, 3.8) is 0 Å². The molecular formula is C23H30O2. The van der Waals surface area contributed by atoms with E-state index in [4.69, 9.17) is 4.74 Å². The monoisotopic (exact) mass is 338 g/mol. The first-order valence-electron chi connectivity index (χ1n) is 9.12. The van der Waals surface area contributed by atoms with Crippen LogP contribution in [-0.2, 0) is 11.2 Å². The second kappa shape index (κ2) is 8.33. The minimum Gasteiger partial charge on any atom is -0.486 e. The summed E-state index contributed by atoms with van der Waals surface area (Å²) in [5, 5.41) is 0. The molecule has 0 aliphatic rings. The molecule has 0 fully saturated rings. The molecule has 0 aromatic heterocycles. The molecule has 2 aromatic carbocycles. The van der Waals surface area contributed by atoms with Crippen LogP contribution in [0.3, 0.4) is 0 Å². The summed E-state index contributed by atoms with van der Waals surface area (Å²) in [6.45, 7) is 12.5. The van der Waals surface area contributed by atoms with Crippen LogP contribution in [0, 0.1) is 19.8 Å². The Labute approximate surface area is 152 Å². The van der Waals surface area contributed by atoms with Crippen LogP contribution in [-0.4, -0.2) is 12.4 Å². The number of Topliss-reactive ketones (excluding diaryl/α,β-unsaturated/α-hetero) is 1. The zero-order valence-electron chi connectivity index (χ0n) is 16.3. The van der Waals surface area contributed by atoms with Gasteiger partial charge in [-0.15, -0.1) is 0 Å². The Morgan fingerprint density at radius 1 is 1.00 bits per heavy atom. The SMILES string of the molecule is Cc1cc(C)c(Cc2ccc(C(C)C)cc2)c(OCC(=O)C(C)C)c1. The summed E-state index contributed by atoms with van der Waals surface area (Å²) in [5.41, 5.74) is 6.14. The maximum absolute atomic E-state index is 11.9. The van der Waals surface area contributed by atoms with Gasteiger partial charge in [0.05, 0.1) is 0 Å². The number of aryl methyl sites for hydroxylation is 2. The molecule has 2 heteroatoms. The van der Waals surface area contributed by atoms with Gasteiger partial charge >= 0.3 is 0 Å². The average molecular weight is 338 g/mol. The molecule has 2 aromatic rings. The second-order valence-corrected chi connectivity index (χ2v) is 7.54. The van der Waals surface area contributed by atoms with Crippen LogP contribution in [0.2, 0.25) is 0 Å².